The first-order chi connectivity index (χ1) is 11.8. The Morgan fingerprint density at radius 1 is 0.880 bits per heavy atom. The van der Waals surface area contributed by atoms with Crippen LogP contribution in [0.2, 0.25) is 0 Å². The van der Waals surface area contributed by atoms with Gasteiger partial charge in [0.1, 0.15) is 0 Å². The minimum absolute atomic E-state index is 0.284. The Kier molecular flexibility index (Phi) is 7.81. The first-order valence-corrected chi connectivity index (χ1v) is 8.72. The molecule has 0 aliphatic carbocycles. The molecule has 0 saturated heterocycles. The van der Waals surface area contributed by atoms with Crippen molar-refractivity contribution in [1.29, 1.82) is 0 Å². The van der Waals surface area contributed by atoms with Crippen LogP contribution in [0.5, 0.6) is 0 Å². The van der Waals surface area contributed by atoms with Crippen LogP contribution >= 0.6 is 0 Å². The van der Waals surface area contributed by atoms with E-state index in [9.17, 15) is 15.0 Å². The molecule has 0 aromatic heterocycles. The summed E-state index contributed by atoms with van der Waals surface area (Å²) < 4.78 is 1.21. The van der Waals surface area contributed by atoms with Crippen LogP contribution in [-0.2, 0) is 10.4 Å². The van der Waals surface area contributed by atoms with E-state index >= 15 is 0 Å². The number of hydrogen-bond donors (Lipinski definition) is 1. The normalized spacial score (nSPS) is 11.4. The Morgan fingerprint density at radius 2 is 1.20 bits per heavy atom. The number of nitrogens with zero attached hydrogens (tertiary/aromatic N) is 1. The van der Waals surface area contributed by atoms with Crippen molar-refractivity contribution in [2.24, 2.45) is 0 Å². The molecule has 4 nitrogen and oxygen atoms in total. The topological polar surface area (TPSA) is 60.4 Å². The Morgan fingerprint density at radius 3 is 1.40 bits per heavy atom. The highest BCUT2D eigenvalue weighted by Crippen LogP contribution is 2.28. The zero-order valence-corrected chi connectivity index (χ0v) is 15.6. The minimum Gasteiger partial charge on any atom is -0.546 e. The third-order valence-electron chi connectivity index (χ3n) is 4.97. The Balaban J connectivity index is 0.000000333. The molecule has 0 amide bonds. The number of carboxylic acids is 1. The summed E-state index contributed by atoms with van der Waals surface area (Å²) in [5.41, 5.74) is -1.54. The molecule has 136 valence electrons. The van der Waals surface area contributed by atoms with Gasteiger partial charge in [0.05, 0.1) is 32.7 Å². The number of carboxylic acid groups (broad SMARTS) is 1. The zero-order valence-electron chi connectivity index (χ0n) is 15.6. The van der Waals surface area contributed by atoms with Crippen LogP contribution in [0, 0.1) is 0 Å². The predicted octanol–water partition coefficient (Wildman–Crippen LogP) is 2.17. The summed E-state index contributed by atoms with van der Waals surface area (Å²) in [7, 11) is 2.29. The predicted molar refractivity (Wildman–Crippen MR) is 98.7 cm³/mol. The Hall–Kier alpha value is -2.17. The summed E-state index contributed by atoms with van der Waals surface area (Å²) in [5, 5.41) is 21.6. The highest BCUT2D eigenvalue weighted by molar-refractivity contribution is 5.81. The number of hydrogen-bond acceptors (Lipinski definition) is 3. The van der Waals surface area contributed by atoms with Gasteiger partial charge in [-0.05, 0) is 31.9 Å². The summed E-state index contributed by atoms with van der Waals surface area (Å²) in [5.74, 6) is -1.53. The maximum atomic E-state index is 11.3. The quantitative estimate of drug-likeness (QED) is 0.818. The van der Waals surface area contributed by atoms with Crippen LogP contribution in [0.15, 0.2) is 60.7 Å². The standard InChI is InChI=1S/C14H12O3.C7H18N/c15-13(16)14(17,11-7-3-1-4-8-11)12-9-5-2-6-10-12;1-5-8(4,6-2)7-3/h1-10,17H,(H,15,16);5-7H2,1-4H3/q;+1/p-1. The molecule has 0 spiro atoms. The minimum atomic E-state index is -2.11. The van der Waals surface area contributed by atoms with Crippen LogP contribution in [0.25, 0.3) is 0 Å². The molecule has 4 heteroatoms. The lowest BCUT2D eigenvalue weighted by Crippen LogP contribution is -2.46. The summed E-state index contributed by atoms with van der Waals surface area (Å²) in [6.07, 6.45) is 0. The summed E-state index contributed by atoms with van der Waals surface area (Å²) >= 11 is 0. The Bertz CT molecular complexity index is 589. The molecule has 2 rings (SSSR count). The molecule has 1 N–H and O–H groups in total. The van der Waals surface area contributed by atoms with Gasteiger partial charge in [0.15, 0.2) is 5.60 Å². The molecule has 0 radical (unpaired) electrons. The fourth-order valence-corrected chi connectivity index (χ4v) is 2.43. The average Bonchev–Trinajstić information content (AvgIpc) is 2.68. The van der Waals surface area contributed by atoms with Gasteiger partial charge in [-0.15, -0.1) is 0 Å². The van der Waals surface area contributed by atoms with Crippen LogP contribution in [0.4, 0.5) is 0 Å². The lowest BCUT2D eigenvalue weighted by Gasteiger charge is -2.30. The third kappa shape index (κ3) is 5.15. The molecule has 0 atom stereocenters. The van der Waals surface area contributed by atoms with Crippen molar-refractivity contribution in [3.8, 4) is 0 Å². The summed E-state index contributed by atoms with van der Waals surface area (Å²) in [6, 6.07) is 16.4. The summed E-state index contributed by atoms with van der Waals surface area (Å²) in [4.78, 5) is 11.3. The maximum Gasteiger partial charge on any atom is 0.154 e. The fourth-order valence-electron chi connectivity index (χ4n) is 2.43. The molecule has 0 bridgehead atoms. The third-order valence-corrected chi connectivity index (χ3v) is 4.97. The number of rotatable bonds is 6. The highest BCUT2D eigenvalue weighted by Gasteiger charge is 2.32. The van der Waals surface area contributed by atoms with Gasteiger partial charge < -0.3 is 19.5 Å². The first-order valence-electron chi connectivity index (χ1n) is 8.72. The van der Waals surface area contributed by atoms with E-state index in [0.717, 1.165) is 0 Å². The number of aliphatic hydroxyl groups is 1. The first kappa shape index (κ1) is 20.9. The van der Waals surface area contributed by atoms with Crippen molar-refractivity contribution in [2.45, 2.75) is 26.4 Å². The molecule has 25 heavy (non-hydrogen) atoms. The smallest absolute Gasteiger partial charge is 0.154 e. The van der Waals surface area contributed by atoms with E-state index in [2.05, 4.69) is 27.8 Å². The van der Waals surface area contributed by atoms with Gasteiger partial charge in [0, 0.05) is 0 Å². The second kappa shape index (κ2) is 9.35. The van der Waals surface area contributed by atoms with Gasteiger partial charge >= 0.3 is 0 Å². The van der Waals surface area contributed by atoms with Gasteiger partial charge in [-0.1, -0.05) is 60.7 Å². The van der Waals surface area contributed by atoms with Crippen LogP contribution in [0.1, 0.15) is 31.9 Å². The molecule has 0 aliphatic heterocycles. The SMILES string of the molecule is CC[N+](C)(CC)CC.O=C([O-])C(O)(c1ccccc1)c1ccccc1. The van der Waals surface area contributed by atoms with E-state index < -0.39 is 11.6 Å². The van der Waals surface area contributed by atoms with E-state index in [1.807, 2.05) is 0 Å². The maximum absolute atomic E-state index is 11.3. The van der Waals surface area contributed by atoms with Gasteiger partial charge in [-0.3, -0.25) is 0 Å². The number of carbonyl (C=O) groups excluding carboxylic acids is 1. The second-order valence-corrected chi connectivity index (χ2v) is 6.30. The van der Waals surface area contributed by atoms with Crippen LogP contribution in [-0.4, -0.2) is 42.2 Å². The van der Waals surface area contributed by atoms with Gasteiger partial charge in [-0.2, -0.15) is 0 Å². The fraction of sp³-hybridized carbons (Fsp3) is 0.381. The number of benzene rings is 2. The molecule has 0 aliphatic rings. The van der Waals surface area contributed by atoms with Gasteiger partial charge in [0.2, 0.25) is 0 Å². The van der Waals surface area contributed by atoms with Crippen molar-refractivity contribution in [1.82, 2.24) is 0 Å². The van der Waals surface area contributed by atoms with Crippen molar-refractivity contribution in [3.63, 3.8) is 0 Å². The molecule has 0 fully saturated rings. The van der Waals surface area contributed by atoms with Gasteiger partial charge in [-0.25, -0.2) is 0 Å². The van der Waals surface area contributed by atoms with Crippen LogP contribution in [0.3, 0.4) is 0 Å². The molecule has 0 heterocycles. The summed E-state index contributed by atoms with van der Waals surface area (Å²) in [6.45, 7) is 10.5. The molecule has 2 aromatic carbocycles. The second-order valence-electron chi connectivity index (χ2n) is 6.30. The number of carbonyl (C=O) groups is 1. The monoisotopic (exact) mass is 343 g/mol. The molecular formula is C21H29NO3. The van der Waals surface area contributed by atoms with Gasteiger partial charge in [0.25, 0.3) is 0 Å². The highest BCUT2D eigenvalue weighted by atomic mass is 16.4. The van der Waals surface area contributed by atoms with E-state index in [-0.39, 0.29) is 11.1 Å². The van der Waals surface area contributed by atoms with E-state index in [0.29, 0.717) is 0 Å². The van der Waals surface area contributed by atoms with Crippen molar-refractivity contribution in [2.75, 3.05) is 26.7 Å². The average molecular weight is 343 g/mol. The van der Waals surface area contributed by atoms with E-state index in [1.165, 1.54) is 24.1 Å². The molecule has 0 unspecified atom stereocenters. The molecular weight excluding hydrogens is 314 g/mol. The van der Waals surface area contributed by atoms with Crippen molar-refractivity contribution >= 4 is 5.97 Å². The number of aliphatic carboxylic acids is 1. The number of quaternary nitrogens is 1. The lowest BCUT2D eigenvalue weighted by molar-refractivity contribution is -0.904. The lowest BCUT2D eigenvalue weighted by atomic mass is 9.86. The zero-order chi connectivity index (χ0) is 18.9. The molecule has 0 saturated carbocycles. The van der Waals surface area contributed by atoms with Crippen LogP contribution < -0.4 is 5.11 Å². The largest absolute Gasteiger partial charge is 0.546 e. The molecule has 2 aromatic rings. The van der Waals surface area contributed by atoms with E-state index in [4.69, 9.17) is 0 Å². The van der Waals surface area contributed by atoms with E-state index in [1.54, 1.807) is 60.7 Å². The van der Waals surface area contributed by atoms with Crippen molar-refractivity contribution in [3.05, 3.63) is 71.8 Å². The Labute approximate surface area is 150 Å². The van der Waals surface area contributed by atoms with Crippen molar-refractivity contribution < 1.29 is 19.5 Å².